The summed E-state index contributed by atoms with van der Waals surface area (Å²) in [5.41, 5.74) is 4.92. The Morgan fingerprint density at radius 1 is 0.804 bits per heavy atom. The largest absolute Gasteiger partial charge is 0.500 e. The first-order valence-corrected chi connectivity index (χ1v) is 25.9. The minimum atomic E-state index is -2.53. The molecule has 5 aromatic carbocycles. The third-order valence-electron chi connectivity index (χ3n) is 10.1. The van der Waals surface area contributed by atoms with E-state index in [2.05, 4.69) is 39.4 Å². The molecule has 1 radical (unpaired) electrons. The van der Waals surface area contributed by atoms with Crippen LogP contribution in [0.5, 0.6) is 0 Å². The van der Waals surface area contributed by atoms with Gasteiger partial charge in [0, 0.05) is 38.5 Å². The molecule has 8 aromatic rings. The molecule has 0 amide bonds. The van der Waals surface area contributed by atoms with Crippen molar-refractivity contribution in [1.82, 2.24) is 9.97 Å². The van der Waals surface area contributed by atoms with Crippen molar-refractivity contribution >= 4 is 50.4 Å². The molecule has 0 spiro atoms. The number of aromatic nitrogens is 2. The van der Waals surface area contributed by atoms with Gasteiger partial charge >= 0.3 is 159 Å². The minimum absolute atomic E-state index is 0. The van der Waals surface area contributed by atoms with Crippen LogP contribution in [0.25, 0.3) is 55.2 Å². The molecule has 285 valence electrons. The van der Waals surface area contributed by atoms with Gasteiger partial charge < -0.3 is 9.40 Å². The molecule has 9 rings (SSSR count). The maximum absolute atomic E-state index is 14.7. The first kappa shape index (κ1) is 28.9. The number of fused-ring (bicyclic) bond motifs is 5. The van der Waals surface area contributed by atoms with E-state index in [0.29, 0.717) is 33.5 Å². The van der Waals surface area contributed by atoms with E-state index < -0.39 is 45.5 Å². The van der Waals surface area contributed by atoms with Crippen LogP contribution in [0.4, 0.5) is 4.39 Å². The average molecular weight is 986 g/mol. The average Bonchev–Trinajstić information content (AvgIpc) is 3.95. The molecule has 6 heteroatoms. The van der Waals surface area contributed by atoms with E-state index in [9.17, 15) is 4.39 Å². The summed E-state index contributed by atoms with van der Waals surface area (Å²) in [6.45, 7) is -4.59. The molecule has 0 saturated heterocycles. The van der Waals surface area contributed by atoms with Crippen molar-refractivity contribution in [3.05, 3.63) is 161 Å². The normalized spacial score (nSPS) is 16.8. The van der Waals surface area contributed by atoms with Crippen molar-refractivity contribution in [3.63, 3.8) is 0 Å². The maximum atomic E-state index is 14.7. The fourth-order valence-electron chi connectivity index (χ4n) is 7.31. The molecule has 1 aliphatic rings. The Hall–Kier alpha value is -4.42. The van der Waals surface area contributed by atoms with Gasteiger partial charge in [0.25, 0.3) is 0 Å². The van der Waals surface area contributed by atoms with Crippen LogP contribution in [0.2, 0.25) is 17.3 Å². The van der Waals surface area contributed by atoms with E-state index in [4.69, 9.17) is 18.1 Å². The first-order valence-electron chi connectivity index (χ1n) is 23.6. The monoisotopic (exact) mass is 987 g/mol. The second-order valence-corrected chi connectivity index (χ2v) is 25.7. The van der Waals surface area contributed by atoms with Crippen LogP contribution in [0, 0.1) is 37.6 Å². The molecule has 3 heterocycles. The van der Waals surface area contributed by atoms with Crippen molar-refractivity contribution < 1.29 is 42.6 Å². The molecule has 0 unspecified atom stereocenters. The quantitative estimate of drug-likeness (QED) is 0.118. The SMILES string of the molecule is [2H]C([2H])([2H])c1c[c-]c(-c2cc(C([2H])([2H])c3ccccc3)[c]([Ge]([CH3])([CH3])[CH3])cn2)c(F)c1.[2H]C([2H])([2H])c1ccc2c(ccc3oc4c[c-]c(-c5cc(C([2H])([2H])C6CCCC6)ccn5)cc4c32)c1.[Ir]. The van der Waals surface area contributed by atoms with Gasteiger partial charge in [0.2, 0.25) is 0 Å². The molecule has 3 nitrogen and oxygen atoms in total. The standard InChI is InChI=1S/C28H24NO.C22H23FGeN.Ir/c1-18-6-9-23-21(14-18)7-11-27-28(23)24-17-22(8-10-26(24)30-27)25-16-20(12-13-29-25)15-19-4-2-3-5-19;1-16-10-11-19(20(23)12-16)22-14-18(13-17-8-6-5-7-9-17)21(15-25-22)24(2,3)4;/h6-7,9-14,16-17,19H,2-5,15H2,1H3;5-10,12,14-15H,13H2,1-4H3;/q2*-1;/i1D3,15D2;1D3,13D2;. The van der Waals surface area contributed by atoms with Gasteiger partial charge in [0.15, 0.2) is 0 Å². The van der Waals surface area contributed by atoms with E-state index in [1.165, 1.54) is 6.07 Å². The molecular weight excluding hydrogens is 928 g/mol. The van der Waals surface area contributed by atoms with Crippen molar-refractivity contribution in [2.24, 2.45) is 5.92 Å². The molecule has 0 bridgehead atoms. The number of rotatable bonds is 7. The summed E-state index contributed by atoms with van der Waals surface area (Å²) in [6, 6.07) is 35.0. The van der Waals surface area contributed by atoms with Gasteiger partial charge in [-0.05, 0) is 47.7 Å². The summed E-state index contributed by atoms with van der Waals surface area (Å²) in [6.07, 6.45) is 4.15. The number of furan rings is 1. The van der Waals surface area contributed by atoms with Crippen LogP contribution in [0.1, 0.15) is 67.2 Å². The van der Waals surface area contributed by atoms with Gasteiger partial charge in [-0.15, -0.1) is 23.8 Å². The second-order valence-electron chi connectivity index (χ2n) is 15.1. The van der Waals surface area contributed by atoms with Crippen molar-refractivity contribution in [1.29, 1.82) is 0 Å². The second kappa shape index (κ2) is 17.0. The first-order chi connectivity index (χ1) is 30.5. The molecule has 1 saturated carbocycles. The number of nitrogens with zero attached hydrogens (tertiary/aromatic N) is 2. The van der Waals surface area contributed by atoms with Gasteiger partial charge in [-0.2, -0.15) is 0 Å². The summed E-state index contributed by atoms with van der Waals surface area (Å²) < 4.78 is 102. The molecule has 0 N–H and O–H groups in total. The molecule has 0 atom stereocenters. The number of benzene rings is 5. The number of aryl methyl sites for hydroxylation is 2. The van der Waals surface area contributed by atoms with Gasteiger partial charge in [0.05, 0.1) is 5.58 Å². The zero-order valence-corrected chi connectivity index (χ0v) is 35.9. The van der Waals surface area contributed by atoms with Crippen LogP contribution in [0.3, 0.4) is 0 Å². The molecule has 0 aliphatic heterocycles. The molecule has 3 aromatic heterocycles. The van der Waals surface area contributed by atoms with E-state index in [1.807, 2.05) is 36.4 Å². The van der Waals surface area contributed by atoms with Crippen LogP contribution >= 0.6 is 0 Å². The summed E-state index contributed by atoms with van der Waals surface area (Å²) >= 11 is -2.53. The van der Waals surface area contributed by atoms with Gasteiger partial charge in [0.1, 0.15) is 5.58 Å². The van der Waals surface area contributed by atoms with Crippen LogP contribution < -0.4 is 4.40 Å². The molecular formula is C50H47FGeIrN2O-2. The van der Waals surface area contributed by atoms with E-state index >= 15 is 0 Å². The van der Waals surface area contributed by atoms with E-state index in [0.717, 1.165) is 68.8 Å². The van der Waals surface area contributed by atoms with E-state index in [-0.39, 0.29) is 42.8 Å². The number of halogens is 1. The van der Waals surface area contributed by atoms with Crippen LogP contribution in [-0.2, 0) is 32.9 Å². The Balaban J connectivity index is 0.000000196. The number of hydrogen-bond acceptors (Lipinski definition) is 3. The maximum Gasteiger partial charge on any atom is 0.121 e. The Kier molecular flexibility index (Phi) is 8.76. The Bertz CT molecular complexity index is 3050. The fourth-order valence-corrected chi connectivity index (χ4v) is 10.2. The number of pyridine rings is 2. The van der Waals surface area contributed by atoms with E-state index in [1.54, 1.807) is 67.0 Å². The minimum Gasteiger partial charge on any atom is -0.500 e. The van der Waals surface area contributed by atoms with Crippen molar-refractivity contribution in [2.45, 2.75) is 69.4 Å². The predicted octanol–water partition coefficient (Wildman–Crippen LogP) is 12.8. The Morgan fingerprint density at radius 2 is 1.62 bits per heavy atom. The zero-order chi connectivity index (χ0) is 46.7. The topological polar surface area (TPSA) is 38.9 Å². The summed E-state index contributed by atoms with van der Waals surface area (Å²) in [4.78, 5) is 8.94. The smallest absolute Gasteiger partial charge is 0.121 e. The predicted molar refractivity (Wildman–Crippen MR) is 229 cm³/mol. The van der Waals surface area contributed by atoms with Crippen molar-refractivity contribution in [2.75, 3.05) is 0 Å². The Morgan fingerprint density at radius 3 is 2.39 bits per heavy atom. The van der Waals surface area contributed by atoms with Crippen LogP contribution in [-0.4, -0.2) is 23.2 Å². The zero-order valence-electron chi connectivity index (χ0n) is 41.4. The molecule has 56 heavy (non-hydrogen) atoms. The Labute approximate surface area is 360 Å². The third kappa shape index (κ3) is 8.76. The molecule has 1 fully saturated rings. The number of hydrogen-bond donors (Lipinski definition) is 0. The summed E-state index contributed by atoms with van der Waals surface area (Å²) in [5.74, 6) is 5.75. The third-order valence-corrected chi connectivity index (χ3v) is 14.3. The fraction of sp³-hybridized carbons (Fsp3) is 0.240. The molecule has 1 aliphatic carbocycles. The van der Waals surface area contributed by atoms with Gasteiger partial charge in [-0.25, -0.2) is 0 Å². The van der Waals surface area contributed by atoms with Gasteiger partial charge in [-0.1, -0.05) is 72.5 Å². The van der Waals surface area contributed by atoms with Crippen molar-refractivity contribution in [3.8, 4) is 22.5 Å². The van der Waals surface area contributed by atoms with Gasteiger partial charge in [-0.3, -0.25) is 0 Å². The summed E-state index contributed by atoms with van der Waals surface area (Å²) in [5, 5.41) is 3.58. The van der Waals surface area contributed by atoms with Crippen LogP contribution in [0.15, 0.2) is 120 Å². The summed E-state index contributed by atoms with van der Waals surface area (Å²) in [7, 11) is 0.